The van der Waals surface area contributed by atoms with Gasteiger partial charge in [-0.25, -0.2) is 4.98 Å². The van der Waals surface area contributed by atoms with Gasteiger partial charge in [0.15, 0.2) is 11.5 Å². The van der Waals surface area contributed by atoms with E-state index >= 15 is 0 Å². The second-order valence-electron chi connectivity index (χ2n) is 13.2. The lowest BCUT2D eigenvalue weighted by Crippen LogP contribution is -2.39. The van der Waals surface area contributed by atoms with Crippen LogP contribution in [0.25, 0.3) is 11.0 Å². The van der Waals surface area contributed by atoms with Crippen LogP contribution in [0.3, 0.4) is 0 Å². The zero-order valence-electron chi connectivity index (χ0n) is 29.1. The fourth-order valence-corrected chi connectivity index (χ4v) is 7.57. The summed E-state index contributed by atoms with van der Waals surface area (Å²) >= 11 is 0. The van der Waals surface area contributed by atoms with E-state index in [-0.39, 0.29) is 11.3 Å². The fraction of sp³-hybridized carbons (Fsp3) is 0.385. The van der Waals surface area contributed by atoms with Crippen molar-refractivity contribution in [1.82, 2.24) is 29.3 Å². The molecule has 2 aliphatic rings. The number of nitrogens with zero attached hydrogens (tertiary/aromatic N) is 7. The molecule has 50 heavy (non-hydrogen) atoms. The number of para-hydroxylation sites is 2. The summed E-state index contributed by atoms with van der Waals surface area (Å²) in [5, 5.41) is 0. The van der Waals surface area contributed by atoms with E-state index in [9.17, 15) is 4.79 Å². The van der Waals surface area contributed by atoms with Crippen LogP contribution >= 0.6 is 0 Å². The zero-order chi connectivity index (χ0) is 34.5. The third-order valence-corrected chi connectivity index (χ3v) is 10.3. The minimum atomic E-state index is -0.201. The molecule has 0 saturated carbocycles. The predicted molar refractivity (Wildman–Crippen MR) is 193 cm³/mol. The Morgan fingerprint density at radius 2 is 1.68 bits per heavy atom. The Morgan fingerprint density at radius 3 is 2.42 bits per heavy atom. The van der Waals surface area contributed by atoms with E-state index in [0.29, 0.717) is 42.4 Å². The maximum atomic E-state index is 14.0. The summed E-state index contributed by atoms with van der Waals surface area (Å²) < 4.78 is 18.9. The van der Waals surface area contributed by atoms with Crippen LogP contribution in [0.1, 0.15) is 40.9 Å². The van der Waals surface area contributed by atoms with Crippen molar-refractivity contribution in [1.29, 1.82) is 0 Å². The molecule has 1 amide bonds. The van der Waals surface area contributed by atoms with Crippen LogP contribution in [0.5, 0.6) is 17.2 Å². The second-order valence-corrected chi connectivity index (χ2v) is 13.2. The van der Waals surface area contributed by atoms with Gasteiger partial charge in [0, 0.05) is 62.3 Å². The highest BCUT2D eigenvalue weighted by atomic mass is 16.5. The number of carbonyl (C=O) groups is 1. The number of benzene rings is 2. The van der Waals surface area contributed by atoms with Gasteiger partial charge in [-0.15, -0.1) is 0 Å². The number of carbonyl (C=O) groups excluding carboxylic acids is 1. The van der Waals surface area contributed by atoms with Crippen LogP contribution in [0.4, 0.5) is 5.95 Å². The first-order valence-corrected chi connectivity index (χ1v) is 17.3. The summed E-state index contributed by atoms with van der Waals surface area (Å²) in [5.74, 6) is 2.36. The second kappa shape index (κ2) is 14.8. The Hall–Kier alpha value is -5.16. The Kier molecular flexibility index (Phi) is 9.84. The number of aromatic nitrogens is 4. The third kappa shape index (κ3) is 6.69. The van der Waals surface area contributed by atoms with Crippen molar-refractivity contribution in [3.63, 3.8) is 0 Å². The van der Waals surface area contributed by atoms with Crippen LogP contribution < -0.4 is 19.1 Å². The molecule has 1 atom stereocenters. The van der Waals surface area contributed by atoms with Crippen LogP contribution in [-0.4, -0.2) is 102 Å². The molecule has 7 rings (SSSR count). The fourth-order valence-electron chi connectivity index (χ4n) is 7.57. The lowest BCUT2D eigenvalue weighted by molar-refractivity contribution is 0.0780. The smallest absolute Gasteiger partial charge is 0.254 e. The molecule has 1 unspecified atom stereocenters. The molecule has 11 heteroatoms. The number of anilines is 1. The minimum absolute atomic E-state index is 0.0472. The van der Waals surface area contributed by atoms with E-state index in [1.54, 1.807) is 33.5 Å². The Labute approximate surface area is 293 Å². The van der Waals surface area contributed by atoms with Crippen LogP contribution in [-0.2, 0) is 12.0 Å². The van der Waals surface area contributed by atoms with Crippen molar-refractivity contribution in [3.8, 4) is 17.2 Å². The summed E-state index contributed by atoms with van der Waals surface area (Å²) in [6, 6.07) is 22.1. The SMILES string of the molecule is COc1cc(C(=O)N2CCC(CCN3CCCN(c4nc5ccccc5n4Cc4ccccn4)CC3)(c3cccnc3)C2)cc(OC)c1OC. The lowest BCUT2D eigenvalue weighted by atomic mass is 9.77. The molecule has 260 valence electrons. The van der Waals surface area contributed by atoms with Crippen molar-refractivity contribution in [2.75, 3.05) is 72.0 Å². The van der Waals surface area contributed by atoms with Crippen molar-refractivity contribution in [3.05, 3.63) is 102 Å². The molecule has 0 radical (unpaired) electrons. The molecule has 0 spiro atoms. The number of rotatable bonds is 11. The molecule has 2 aromatic carbocycles. The first kappa shape index (κ1) is 33.3. The highest BCUT2D eigenvalue weighted by molar-refractivity contribution is 5.96. The highest BCUT2D eigenvalue weighted by Crippen LogP contribution is 2.41. The number of ether oxygens (including phenoxy) is 3. The zero-order valence-corrected chi connectivity index (χ0v) is 29.1. The maximum Gasteiger partial charge on any atom is 0.254 e. The largest absolute Gasteiger partial charge is 0.493 e. The van der Waals surface area contributed by atoms with Gasteiger partial charge in [-0.2, -0.15) is 0 Å². The standard InChI is InChI=1S/C39H45N7O4/c1-48-34-24-29(25-35(49-2)36(34)50-3)37(47)45-21-15-39(28-45,30-10-8-16-40-26-30)14-20-43-18-9-19-44(23-22-43)38-42-32-12-4-5-13-33(32)46(38)27-31-11-6-7-17-41-31/h4-8,10-13,16-17,24-26H,9,14-15,18-23,27-28H2,1-3H3. The number of likely N-dealkylation sites (tertiary alicyclic amines) is 1. The van der Waals surface area contributed by atoms with E-state index in [0.717, 1.165) is 74.7 Å². The van der Waals surface area contributed by atoms with Crippen molar-refractivity contribution >= 4 is 22.9 Å². The van der Waals surface area contributed by atoms with Crippen LogP contribution in [0.15, 0.2) is 85.3 Å². The number of pyridine rings is 2. The van der Waals surface area contributed by atoms with Crippen molar-refractivity contribution in [2.45, 2.75) is 31.2 Å². The van der Waals surface area contributed by atoms with E-state index in [1.165, 1.54) is 5.56 Å². The molecule has 2 saturated heterocycles. The van der Waals surface area contributed by atoms with Gasteiger partial charge < -0.3 is 33.5 Å². The molecule has 5 heterocycles. The average molecular weight is 676 g/mol. The van der Waals surface area contributed by atoms with Gasteiger partial charge in [-0.3, -0.25) is 14.8 Å². The number of hydrogen-bond acceptors (Lipinski definition) is 9. The van der Waals surface area contributed by atoms with Gasteiger partial charge in [0.2, 0.25) is 11.7 Å². The molecular formula is C39H45N7O4. The van der Waals surface area contributed by atoms with Crippen LogP contribution in [0, 0.1) is 0 Å². The van der Waals surface area contributed by atoms with E-state index in [4.69, 9.17) is 19.2 Å². The molecule has 5 aromatic rings. The lowest BCUT2D eigenvalue weighted by Gasteiger charge is -2.32. The summed E-state index contributed by atoms with van der Waals surface area (Å²) in [5.41, 5.74) is 4.64. The molecule has 11 nitrogen and oxygen atoms in total. The summed E-state index contributed by atoms with van der Waals surface area (Å²) in [7, 11) is 4.69. The number of methoxy groups -OCH3 is 3. The summed E-state index contributed by atoms with van der Waals surface area (Å²) in [6.45, 7) is 6.65. The van der Waals surface area contributed by atoms with Crippen molar-refractivity contribution in [2.24, 2.45) is 0 Å². The normalized spacial score (nSPS) is 18.3. The monoisotopic (exact) mass is 675 g/mol. The Balaban J connectivity index is 1.07. The van der Waals surface area contributed by atoms with Crippen molar-refractivity contribution < 1.29 is 19.0 Å². The van der Waals surface area contributed by atoms with Gasteiger partial charge in [0.1, 0.15) is 0 Å². The number of amides is 1. The molecule has 2 aliphatic heterocycles. The molecule has 3 aromatic heterocycles. The number of imidazole rings is 1. The number of fused-ring (bicyclic) bond motifs is 1. The molecular weight excluding hydrogens is 630 g/mol. The van der Waals surface area contributed by atoms with E-state index < -0.39 is 0 Å². The van der Waals surface area contributed by atoms with Gasteiger partial charge in [0.05, 0.1) is 44.6 Å². The van der Waals surface area contributed by atoms with Gasteiger partial charge >= 0.3 is 0 Å². The summed E-state index contributed by atoms with van der Waals surface area (Å²) in [4.78, 5) is 35.2. The maximum absolute atomic E-state index is 14.0. The molecule has 0 aliphatic carbocycles. The number of hydrogen-bond donors (Lipinski definition) is 0. The Bertz CT molecular complexity index is 1890. The first-order valence-electron chi connectivity index (χ1n) is 17.3. The third-order valence-electron chi connectivity index (χ3n) is 10.3. The summed E-state index contributed by atoms with van der Waals surface area (Å²) in [6.07, 6.45) is 8.48. The van der Waals surface area contributed by atoms with Gasteiger partial charge in [-0.1, -0.05) is 24.3 Å². The topological polar surface area (TPSA) is 98.1 Å². The Morgan fingerprint density at radius 1 is 0.860 bits per heavy atom. The van der Waals surface area contributed by atoms with E-state index in [1.807, 2.05) is 41.7 Å². The minimum Gasteiger partial charge on any atom is -0.493 e. The highest BCUT2D eigenvalue weighted by Gasteiger charge is 2.42. The van der Waals surface area contributed by atoms with E-state index in [2.05, 4.69) is 60.7 Å². The molecule has 2 fully saturated rings. The van der Waals surface area contributed by atoms with Gasteiger partial charge in [0.25, 0.3) is 5.91 Å². The predicted octanol–water partition coefficient (Wildman–Crippen LogP) is 5.29. The average Bonchev–Trinajstić information content (AvgIpc) is 3.68. The van der Waals surface area contributed by atoms with Gasteiger partial charge in [-0.05, 0) is 80.4 Å². The molecule has 0 bridgehead atoms. The first-order chi connectivity index (χ1) is 24.5. The molecule has 0 N–H and O–H groups in total. The quantitative estimate of drug-likeness (QED) is 0.185. The van der Waals surface area contributed by atoms with Crippen LogP contribution in [0.2, 0.25) is 0 Å².